The van der Waals surface area contributed by atoms with Gasteiger partial charge < -0.3 is 20.4 Å². The number of ether oxygens (including phenoxy) is 1. The van der Waals surface area contributed by atoms with Crippen LogP contribution in [0.5, 0.6) is 0 Å². The summed E-state index contributed by atoms with van der Waals surface area (Å²) in [7, 11) is 1.66. The molecule has 0 fully saturated rings. The van der Waals surface area contributed by atoms with Crippen molar-refractivity contribution in [3.05, 3.63) is 42.2 Å². The Morgan fingerprint density at radius 1 is 1.17 bits per heavy atom. The van der Waals surface area contributed by atoms with E-state index in [0.29, 0.717) is 24.9 Å². The highest BCUT2D eigenvalue weighted by Crippen LogP contribution is 2.18. The maximum atomic E-state index is 4.99. The van der Waals surface area contributed by atoms with Crippen LogP contribution in [-0.2, 0) is 11.2 Å². The number of benzene rings is 1. The molecule has 1 aromatic carbocycles. The molecule has 0 spiro atoms. The third kappa shape index (κ3) is 3.95. The molecule has 3 rings (SSSR count). The molecule has 0 aliphatic heterocycles. The van der Waals surface area contributed by atoms with Crippen LogP contribution in [0.15, 0.2) is 36.7 Å². The van der Waals surface area contributed by atoms with Gasteiger partial charge in [0.05, 0.1) is 12.8 Å². The van der Waals surface area contributed by atoms with Gasteiger partial charge in [-0.25, -0.2) is 0 Å². The molecular weight excluding hydrogens is 292 g/mol. The summed E-state index contributed by atoms with van der Waals surface area (Å²) in [5.74, 6) is 1.21. The number of fused-ring (bicyclic) bond motifs is 1. The first-order valence-corrected chi connectivity index (χ1v) is 7.58. The number of rotatable bonds is 8. The average molecular weight is 312 g/mol. The Balaban J connectivity index is 1.55. The first kappa shape index (κ1) is 15.2. The van der Waals surface area contributed by atoms with Gasteiger partial charge in [0, 0.05) is 37.3 Å². The van der Waals surface area contributed by atoms with Crippen molar-refractivity contribution in [2.45, 2.75) is 6.42 Å². The first-order valence-electron chi connectivity index (χ1n) is 7.58. The van der Waals surface area contributed by atoms with E-state index < -0.39 is 0 Å². The van der Waals surface area contributed by atoms with Crippen LogP contribution >= 0.6 is 0 Å². The summed E-state index contributed by atoms with van der Waals surface area (Å²) in [5.41, 5.74) is 2.43. The lowest BCUT2D eigenvalue weighted by Gasteiger charge is -2.07. The summed E-state index contributed by atoms with van der Waals surface area (Å²) in [6.07, 6.45) is 4.53. The van der Waals surface area contributed by atoms with Crippen LogP contribution in [0.4, 0.5) is 11.8 Å². The highest BCUT2D eigenvalue weighted by atomic mass is 16.5. The Labute approximate surface area is 134 Å². The zero-order valence-electron chi connectivity index (χ0n) is 13.0. The zero-order chi connectivity index (χ0) is 15.9. The van der Waals surface area contributed by atoms with Crippen LogP contribution in [0.2, 0.25) is 0 Å². The molecule has 0 aliphatic rings. The summed E-state index contributed by atoms with van der Waals surface area (Å²) in [4.78, 5) is 7.65. The van der Waals surface area contributed by atoms with E-state index in [1.54, 1.807) is 13.3 Å². The largest absolute Gasteiger partial charge is 0.383 e. The number of H-pyrrole nitrogens is 1. The SMILES string of the molecule is COCCNc1cnnc(NCCc2c[nH]c3ccccc23)n1. The minimum Gasteiger partial charge on any atom is -0.383 e. The number of hydrogen-bond donors (Lipinski definition) is 3. The van der Waals surface area contributed by atoms with Crippen molar-refractivity contribution in [3.8, 4) is 0 Å². The van der Waals surface area contributed by atoms with Crippen molar-refractivity contribution in [2.75, 3.05) is 37.4 Å². The van der Waals surface area contributed by atoms with E-state index in [1.807, 2.05) is 12.3 Å². The van der Waals surface area contributed by atoms with Gasteiger partial charge in [0.15, 0.2) is 5.82 Å². The minimum absolute atomic E-state index is 0.521. The second kappa shape index (κ2) is 7.55. The molecule has 7 heteroatoms. The lowest BCUT2D eigenvalue weighted by atomic mass is 10.1. The average Bonchev–Trinajstić information content (AvgIpc) is 2.99. The molecule has 3 aromatic rings. The van der Waals surface area contributed by atoms with Crippen molar-refractivity contribution in [1.82, 2.24) is 20.2 Å². The van der Waals surface area contributed by atoms with Gasteiger partial charge in [0.25, 0.3) is 0 Å². The Bertz CT molecular complexity index is 757. The fraction of sp³-hybridized carbons (Fsp3) is 0.312. The molecule has 0 saturated carbocycles. The maximum absolute atomic E-state index is 4.99. The molecule has 7 nitrogen and oxygen atoms in total. The van der Waals surface area contributed by atoms with Gasteiger partial charge in [-0.05, 0) is 18.1 Å². The highest BCUT2D eigenvalue weighted by molar-refractivity contribution is 5.83. The number of nitrogens with zero attached hydrogens (tertiary/aromatic N) is 3. The zero-order valence-corrected chi connectivity index (χ0v) is 13.0. The van der Waals surface area contributed by atoms with Crippen molar-refractivity contribution >= 4 is 22.7 Å². The minimum atomic E-state index is 0.521. The number of anilines is 2. The number of para-hydroxylation sites is 1. The van der Waals surface area contributed by atoms with Gasteiger partial charge in [0.1, 0.15) is 0 Å². The normalized spacial score (nSPS) is 10.8. The molecule has 0 amide bonds. The van der Waals surface area contributed by atoms with Gasteiger partial charge >= 0.3 is 0 Å². The van der Waals surface area contributed by atoms with Gasteiger partial charge in [-0.15, -0.1) is 5.10 Å². The van der Waals surface area contributed by atoms with Crippen LogP contribution in [0.1, 0.15) is 5.56 Å². The third-order valence-corrected chi connectivity index (χ3v) is 3.52. The second-order valence-corrected chi connectivity index (χ2v) is 5.12. The van der Waals surface area contributed by atoms with Crippen molar-refractivity contribution in [2.24, 2.45) is 0 Å². The molecule has 3 N–H and O–H groups in total. The van der Waals surface area contributed by atoms with Crippen LogP contribution in [0.3, 0.4) is 0 Å². The van der Waals surface area contributed by atoms with E-state index in [-0.39, 0.29) is 0 Å². The Hall–Kier alpha value is -2.67. The predicted octanol–water partition coefficient (Wildman–Crippen LogP) is 2.07. The van der Waals surface area contributed by atoms with E-state index in [1.165, 1.54) is 10.9 Å². The van der Waals surface area contributed by atoms with Gasteiger partial charge in [0.2, 0.25) is 5.95 Å². The molecule has 23 heavy (non-hydrogen) atoms. The topological polar surface area (TPSA) is 87.8 Å². The van der Waals surface area contributed by atoms with E-state index in [2.05, 4.69) is 49.0 Å². The number of aromatic nitrogens is 4. The quantitative estimate of drug-likeness (QED) is 0.552. The van der Waals surface area contributed by atoms with Crippen LogP contribution in [0, 0.1) is 0 Å². The molecule has 0 unspecified atom stereocenters. The fourth-order valence-corrected chi connectivity index (χ4v) is 2.39. The number of aromatic amines is 1. The summed E-state index contributed by atoms with van der Waals surface area (Å²) in [6.45, 7) is 2.04. The molecule has 0 aliphatic carbocycles. The van der Waals surface area contributed by atoms with E-state index >= 15 is 0 Å². The number of methoxy groups -OCH3 is 1. The molecule has 0 atom stereocenters. The predicted molar refractivity (Wildman–Crippen MR) is 90.7 cm³/mol. The lowest BCUT2D eigenvalue weighted by Crippen LogP contribution is -2.12. The summed E-state index contributed by atoms with van der Waals surface area (Å²) in [5, 5.41) is 15.5. The van der Waals surface area contributed by atoms with Crippen LogP contribution < -0.4 is 10.6 Å². The van der Waals surface area contributed by atoms with Crippen molar-refractivity contribution in [3.63, 3.8) is 0 Å². The first-order chi connectivity index (χ1) is 11.4. The molecule has 120 valence electrons. The molecule has 2 heterocycles. The molecule has 0 saturated heterocycles. The van der Waals surface area contributed by atoms with E-state index in [4.69, 9.17) is 4.74 Å². The van der Waals surface area contributed by atoms with Gasteiger partial charge in [-0.3, -0.25) is 0 Å². The van der Waals surface area contributed by atoms with Crippen molar-refractivity contribution in [1.29, 1.82) is 0 Å². The highest BCUT2D eigenvalue weighted by Gasteiger charge is 2.04. The molecular formula is C16H20N6O. The Kier molecular flexibility index (Phi) is 5.00. The maximum Gasteiger partial charge on any atom is 0.244 e. The third-order valence-electron chi connectivity index (χ3n) is 3.52. The molecule has 0 radical (unpaired) electrons. The monoisotopic (exact) mass is 312 g/mol. The lowest BCUT2D eigenvalue weighted by molar-refractivity contribution is 0.210. The number of hydrogen-bond acceptors (Lipinski definition) is 6. The number of nitrogens with one attached hydrogen (secondary N) is 3. The van der Waals surface area contributed by atoms with Crippen LogP contribution in [-0.4, -0.2) is 47.0 Å². The Morgan fingerprint density at radius 2 is 2.09 bits per heavy atom. The Morgan fingerprint density at radius 3 is 3.00 bits per heavy atom. The second-order valence-electron chi connectivity index (χ2n) is 5.12. The van der Waals surface area contributed by atoms with Crippen LogP contribution in [0.25, 0.3) is 10.9 Å². The standard InChI is InChI=1S/C16H20N6O/c1-23-9-8-17-15-11-20-22-16(21-15)18-7-6-12-10-19-14-5-3-2-4-13(12)14/h2-5,10-11,19H,6-9H2,1H3,(H2,17,18,21,22). The van der Waals surface area contributed by atoms with E-state index in [9.17, 15) is 0 Å². The van der Waals surface area contributed by atoms with Gasteiger partial charge in [-0.1, -0.05) is 18.2 Å². The summed E-state index contributed by atoms with van der Waals surface area (Å²) >= 11 is 0. The van der Waals surface area contributed by atoms with Crippen molar-refractivity contribution < 1.29 is 4.74 Å². The molecule has 0 bridgehead atoms. The summed E-state index contributed by atoms with van der Waals surface area (Å²) in [6, 6.07) is 8.28. The van der Waals surface area contributed by atoms with E-state index in [0.717, 1.165) is 18.5 Å². The smallest absolute Gasteiger partial charge is 0.244 e. The van der Waals surface area contributed by atoms with Gasteiger partial charge in [-0.2, -0.15) is 10.1 Å². The summed E-state index contributed by atoms with van der Waals surface area (Å²) < 4.78 is 4.99. The molecule has 2 aromatic heterocycles. The fourth-order valence-electron chi connectivity index (χ4n) is 2.39.